The average molecular weight is 325 g/mol. The molecule has 2 aromatic rings. The van der Waals surface area contributed by atoms with Gasteiger partial charge >= 0.3 is 5.69 Å². The number of pyridine rings is 1. The van der Waals surface area contributed by atoms with Crippen molar-refractivity contribution in [3.8, 4) is 11.6 Å². The first-order valence-electron chi connectivity index (χ1n) is 5.84. The van der Waals surface area contributed by atoms with Gasteiger partial charge in [-0.2, -0.15) is 0 Å². The van der Waals surface area contributed by atoms with Gasteiger partial charge in [-0.1, -0.05) is 0 Å². The monoisotopic (exact) mass is 325 g/mol. The number of aromatic hydroxyl groups is 1. The van der Waals surface area contributed by atoms with Crippen LogP contribution in [0.25, 0.3) is 0 Å². The number of sulfonamides is 1. The van der Waals surface area contributed by atoms with E-state index in [4.69, 9.17) is 4.74 Å². The van der Waals surface area contributed by atoms with Crippen molar-refractivity contribution in [2.45, 2.75) is 4.90 Å². The summed E-state index contributed by atoms with van der Waals surface area (Å²) in [6.07, 6.45) is 1.24. The highest BCUT2D eigenvalue weighted by Gasteiger charge is 2.21. The second-order valence-electron chi connectivity index (χ2n) is 4.10. The van der Waals surface area contributed by atoms with Crippen molar-refractivity contribution in [2.75, 3.05) is 11.8 Å². The largest absolute Gasteiger partial charge is 0.502 e. The van der Waals surface area contributed by atoms with Crippen LogP contribution in [0.5, 0.6) is 11.6 Å². The van der Waals surface area contributed by atoms with Crippen molar-refractivity contribution in [3.05, 3.63) is 46.6 Å². The van der Waals surface area contributed by atoms with Crippen LogP contribution in [0.15, 0.2) is 41.4 Å². The minimum atomic E-state index is -4.05. The summed E-state index contributed by atoms with van der Waals surface area (Å²) in [6, 6.07) is 5.66. The summed E-state index contributed by atoms with van der Waals surface area (Å²) in [4.78, 5) is 13.3. The molecule has 0 aliphatic rings. The Morgan fingerprint density at radius 1 is 1.32 bits per heavy atom. The van der Waals surface area contributed by atoms with E-state index in [9.17, 15) is 23.6 Å². The summed E-state index contributed by atoms with van der Waals surface area (Å²) in [5.41, 5.74) is -0.535. The zero-order chi connectivity index (χ0) is 16.3. The van der Waals surface area contributed by atoms with E-state index in [-0.39, 0.29) is 10.6 Å². The molecule has 0 spiro atoms. The summed E-state index contributed by atoms with van der Waals surface area (Å²) < 4.78 is 31.4. The number of hydrogen-bond donors (Lipinski definition) is 2. The highest BCUT2D eigenvalue weighted by Crippen LogP contribution is 2.29. The number of methoxy groups -OCH3 is 1. The topological polar surface area (TPSA) is 132 Å². The number of ether oxygens (including phenoxy) is 1. The maximum absolute atomic E-state index is 12.2. The number of nitro benzene ring substituents is 1. The molecule has 0 saturated heterocycles. The van der Waals surface area contributed by atoms with Crippen molar-refractivity contribution in [1.82, 2.24) is 4.98 Å². The van der Waals surface area contributed by atoms with Gasteiger partial charge in [0.2, 0.25) is 5.88 Å². The molecule has 10 heteroatoms. The lowest BCUT2D eigenvalue weighted by atomic mass is 10.3. The minimum absolute atomic E-state index is 0.163. The van der Waals surface area contributed by atoms with Crippen molar-refractivity contribution in [3.63, 3.8) is 0 Å². The molecule has 2 rings (SSSR count). The lowest BCUT2D eigenvalue weighted by Gasteiger charge is -2.08. The normalized spacial score (nSPS) is 11.0. The van der Waals surface area contributed by atoms with Gasteiger partial charge in [0.05, 0.1) is 28.8 Å². The zero-order valence-electron chi connectivity index (χ0n) is 11.3. The Morgan fingerprint density at radius 2 is 2.05 bits per heavy atom. The van der Waals surface area contributed by atoms with E-state index in [2.05, 4.69) is 9.71 Å². The van der Waals surface area contributed by atoms with Crippen molar-refractivity contribution in [1.29, 1.82) is 0 Å². The molecule has 0 radical (unpaired) electrons. The second kappa shape index (κ2) is 5.85. The van der Waals surface area contributed by atoms with Gasteiger partial charge in [-0.15, -0.1) is 0 Å². The van der Waals surface area contributed by atoms with Crippen molar-refractivity contribution < 1.29 is 23.2 Å². The molecule has 1 aromatic heterocycles. The van der Waals surface area contributed by atoms with Gasteiger partial charge in [0.15, 0.2) is 5.75 Å². The standard InChI is InChI=1S/C12H11N3O6S/c1-21-12-5-2-8(7-13-12)14-22(19,20)9-3-4-11(16)10(6-9)15(17)18/h2-7,14,16H,1H3. The lowest BCUT2D eigenvalue weighted by Crippen LogP contribution is -2.13. The molecular formula is C12H11N3O6S. The molecule has 0 atom stereocenters. The molecule has 0 fully saturated rings. The molecule has 0 amide bonds. The van der Waals surface area contributed by atoms with Gasteiger partial charge in [-0.05, 0) is 18.2 Å². The predicted octanol–water partition coefficient (Wildman–Crippen LogP) is 1.50. The molecule has 0 aliphatic heterocycles. The number of aromatic nitrogens is 1. The van der Waals surface area contributed by atoms with E-state index in [1.165, 1.54) is 25.4 Å². The second-order valence-corrected chi connectivity index (χ2v) is 5.78. The lowest BCUT2D eigenvalue weighted by molar-refractivity contribution is -0.386. The van der Waals surface area contributed by atoms with E-state index < -0.39 is 26.4 Å². The molecule has 116 valence electrons. The number of phenolic OH excluding ortho intramolecular Hbond substituents is 1. The molecule has 1 aromatic carbocycles. The Morgan fingerprint density at radius 3 is 2.59 bits per heavy atom. The summed E-state index contributed by atoms with van der Waals surface area (Å²) in [5, 5.41) is 20.1. The molecule has 22 heavy (non-hydrogen) atoms. The number of phenols is 1. The number of anilines is 1. The summed E-state index contributed by atoms with van der Waals surface area (Å²) >= 11 is 0. The van der Waals surface area contributed by atoms with E-state index in [1.54, 1.807) is 0 Å². The maximum Gasteiger partial charge on any atom is 0.312 e. The van der Waals surface area contributed by atoms with Crippen LogP contribution in [-0.4, -0.2) is 30.5 Å². The van der Waals surface area contributed by atoms with Crippen LogP contribution in [0.2, 0.25) is 0 Å². The highest BCUT2D eigenvalue weighted by molar-refractivity contribution is 7.92. The smallest absolute Gasteiger partial charge is 0.312 e. The first-order valence-corrected chi connectivity index (χ1v) is 7.32. The van der Waals surface area contributed by atoms with Crippen LogP contribution in [0.3, 0.4) is 0 Å². The zero-order valence-corrected chi connectivity index (χ0v) is 12.1. The third kappa shape index (κ3) is 3.23. The third-order valence-electron chi connectivity index (χ3n) is 2.65. The average Bonchev–Trinajstić information content (AvgIpc) is 2.47. The fraction of sp³-hybridized carbons (Fsp3) is 0.0833. The summed E-state index contributed by atoms with van der Waals surface area (Å²) in [6.45, 7) is 0. The van der Waals surface area contributed by atoms with Crippen LogP contribution in [0.1, 0.15) is 0 Å². The fourth-order valence-electron chi connectivity index (χ4n) is 1.59. The molecule has 9 nitrogen and oxygen atoms in total. The quantitative estimate of drug-likeness (QED) is 0.629. The van der Waals surface area contributed by atoms with Gasteiger partial charge in [0, 0.05) is 12.1 Å². The van der Waals surface area contributed by atoms with Crippen LogP contribution in [0, 0.1) is 10.1 Å². The molecule has 0 unspecified atom stereocenters. The molecule has 1 heterocycles. The van der Waals surface area contributed by atoms with Gasteiger partial charge < -0.3 is 9.84 Å². The summed E-state index contributed by atoms with van der Waals surface area (Å²) in [5.74, 6) is -0.307. The van der Waals surface area contributed by atoms with E-state index in [0.717, 1.165) is 18.2 Å². The highest BCUT2D eigenvalue weighted by atomic mass is 32.2. The van der Waals surface area contributed by atoms with Crippen LogP contribution in [0.4, 0.5) is 11.4 Å². The number of nitrogens with one attached hydrogen (secondary N) is 1. The third-order valence-corrected chi connectivity index (χ3v) is 4.03. The number of nitro groups is 1. The van der Waals surface area contributed by atoms with Crippen molar-refractivity contribution in [2.24, 2.45) is 0 Å². The van der Waals surface area contributed by atoms with Crippen LogP contribution in [-0.2, 0) is 10.0 Å². The van der Waals surface area contributed by atoms with Gasteiger partial charge in [0.1, 0.15) is 0 Å². The van der Waals surface area contributed by atoms with Crippen LogP contribution < -0.4 is 9.46 Å². The van der Waals surface area contributed by atoms with Crippen LogP contribution >= 0.6 is 0 Å². The van der Waals surface area contributed by atoms with E-state index in [0.29, 0.717) is 5.88 Å². The Kier molecular flexibility index (Phi) is 4.13. The number of hydrogen-bond acceptors (Lipinski definition) is 7. The Hall–Kier alpha value is -2.88. The van der Waals surface area contributed by atoms with Gasteiger partial charge in [-0.3, -0.25) is 14.8 Å². The molecule has 0 aliphatic carbocycles. The van der Waals surface area contributed by atoms with E-state index in [1.807, 2.05) is 0 Å². The van der Waals surface area contributed by atoms with Gasteiger partial charge in [-0.25, -0.2) is 13.4 Å². The minimum Gasteiger partial charge on any atom is -0.502 e. The molecular weight excluding hydrogens is 314 g/mol. The Labute approximate surface area is 125 Å². The van der Waals surface area contributed by atoms with Gasteiger partial charge in [0.25, 0.3) is 10.0 Å². The first-order chi connectivity index (χ1) is 10.3. The first kappa shape index (κ1) is 15.5. The maximum atomic E-state index is 12.2. The predicted molar refractivity (Wildman–Crippen MR) is 76.4 cm³/mol. The number of nitrogens with zero attached hydrogens (tertiary/aromatic N) is 2. The number of rotatable bonds is 5. The molecule has 2 N–H and O–H groups in total. The number of benzene rings is 1. The fourth-order valence-corrected chi connectivity index (χ4v) is 2.66. The molecule has 0 bridgehead atoms. The Bertz CT molecular complexity index is 804. The summed E-state index contributed by atoms with van der Waals surface area (Å²) in [7, 11) is -2.63. The Balaban J connectivity index is 2.33. The van der Waals surface area contributed by atoms with E-state index >= 15 is 0 Å². The SMILES string of the molecule is COc1ccc(NS(=O)(=O)c2ccc(O)c([N+](=O)[O-])c2)cn1. The molecule has 0 saturated carbocycles. The van der Waals surface area contributed by atoms with Crippen molar-refractivity contribution >= 4 is 21.4 Å².